The van der Waals surface area contributed by atoms with Crippen LogP contribution >= 0.6 is 0 Å². The molecule has 2 rings (SSSR count). The van der Waals surface area contributed by atoms with Gasteiger partial charge in [-0.05, 0) is 24.3 Å². The summed E-state index contributed by atoms with van der Waals surface area (Å²) in [5.41, 5.74) is 1.02. The van der Waals surface area contributed by atoms with Gasteiger partial charge in [0.05, 0.1) is 11.5 Å². The van der Waals surface area contributed by atoms with Gasteiger partial charge in [0.1, 0.15) is 0 Å². The van der Waals surface area contributed by atoms with Crippen LogP contribution in [-0.4, -0.2) is 0 Å². The molecule has 0 aliphatic heterocycles. The fourth-order valence-electron chi connectivity index (χ4n) is 2.28. The van der Waals surface area contributed by atoms with Crippen LogP contribution in [0.4, 0.5) is 0 Å². The molecule has 1 aliphatic carbocycles. The third-order valence-electron chi connectivity index (χ3n) is 2.93. The summed E-state index contributed by atoms with van der Waals surface area (Å²) in [6.45, 7) is 2.21. The highest BCUT2D eigenvalue weighted by Crippen LogP contribution is 2.46. The van der Waals surface area contributed by atoms with Crippen molar-refractivity contribution in [3.8, 4) is 6.07 Å². The SMILES string of the molecule is CC1CC(C#N)(c2ccccc2)C1. The Morgan fingerprint density at radius 3 is 2.38 bits per heavy atom. The molecule has 1 fully saturated rings. The molecule has 0 unspecified atom stereocenters. The molecule has 0 N–H and O–H groups in total. The van der Waals surface area contributed by atoms with Crippen LogP contribution in [0.25, 0.3) is 0 Å². The van der Waals surface area contributed by atoms with Gasteiger partial charge in [0.2, 0.25) is 0 Å². The zero-order valence-corrected chi connectivity index (χ0v) is 7.83. The number of hydrogen-bond acceptors (Lipinski definition) is 1. The van der Waals surface area contributed by atoms with Gasteiger partial charge in [-0.2, -0.15) is 5.26 Å². The molecule has 0 amide bonds. The maximum absolute atomic E-state index is 9.16. The Bertz CT molecular complexity index is 328. The molecule has 0 aromatic heterocycles. The molecule has 0 bridgehead atoms. The molecule has 1 aliphatic rings. The van der Waals surface area contributed by atoms with E-state index in [0.29, 0.717) is 5.92 Å². The lowest BCUT2D eigenvalue weighted by Crippen LogP contribution is -2.38. The summed E-state index contributed by atoms with van der Waals surface area (Å²) >= 11 is 0. The number of rotatable bonds is 1. The molecular weight excluding hydrogens is 158 g/mol. The Morgan fingerprint density at radius 2 is 1.92 bits per heavy atom. The molecule has 1 aromatic rings. The standard InChI is InChI=1S/C12H13N/c1-10-7-12(8-10,9-13)11-5-3-2-4-6-11/h2-6,10H,7-8H2,1H3. The van der Waals surface area contributed by atoms with Crippen molar-refractivity contribution in [3.05, 3.63) is 35.9 Å². The maximum atomic E-state index is 9.16. The first-order valence-corrected chi connectivity index (χ1v) is 4.74. The van der Waals surface area contributed by atoms with Crippen LogP contribution in [0.2, 0.25) is 0 Å². The second kappa shape index (κ2) is 2.88. The second-order valence-corrected chi connectivity index (χ2v) is 4.07. The van der Waals surface area contributed by atoms with Crippen molar-refractivity contribution in [1.82, 2.24) is 0 Å². The number of benzene rings is 1. The predicted molar refractivity (Wildman–Crippen MR) is 52.1 cm³/mol. The molecule has 13 heavy (non-hydrogen) atoms. The van der Waals surface area contributed by atoms with Crippen LogP contribution in [-0.2, 0) is 5.41 Å². The Balaban J connectivity index is 2.31. The molecule has 1 aromatic carbocycles. The van der Waals surface area contributed by atoms with E-state index in [2.05, 4.69) is 25.1 Å². The monoisotopic (exact) mass is 171 g/mol. The van der Waals surface area contributed by atoms with Gasteiger partial charge in [-0.15, -0.1) is 0 Å². The van der Waals surface area contributed by atoms with Crippen LogP contribution in [0, 0.1) is 17.2 Å². The van der Waals surface area contributed by atoms with Gasteiger partial charge in [-0.1, -0.05) is 37.3 Å². The quantitative estimate of drug-likeness (QED) is 0.637. The zero-order valence-electron chi connectivity index (χ0n) is 7.83. The van der Waals surface area contributed by atoms with E-state index < -0.39 is 0 Å². The first-order valence-electron chi connectivity index (χ1n) is 4.74. The number of nitrogens with zero attached hydrogens (tertiary/aromatic N) is 1. The molecule has 1 saturated carbocycles. The summed E-state index contributed by atoms with van der Waals surface area (Å²) in [5, 5.41) is 9.16. The largest absolute Gasteiger partial charge is 0.197 e. The van der Waals surface area contributed by atoms with E-state index in [9.17, 15) is 0 Å². The van der Waals surface area contributed by atoms with Crippen molar-refractivity contribution in [2.24, 2.45) is 5.92 Å². The van der Waals surface area contributed by atoms with Gasteiger partial charge in [-0.25, -0.2) is 0 Å². The minimum absolute atomic E-state index is 0.166. The topological polar surface area (TPSA) is 23.8 Å². The molecular formula is C12H13N. The molecule has 0 spiro atoms. The van der Waals surface area contributed by atoms with Gasteiger partial charge in [-0.3, -0.25) is 0 Å². The van der Waals surface area contributed by atoms with E-state index in [1.54, 1.807) is 0 Å². The Kier molecular flexibility index (Phi) is 1.84. The third-order valence-corrected chi connectivity index (χ3v) is 2.93. The normalized spacial score (nSPS) is 31.8. The molecule has 1 nitrogen and oxygen atoms in total. The van der Waals surface area contributed by atoms with Crippen molar-refractivity contribution in [2.75, 3.05) is 0 Å². The molecule has 66 valence electrons. The van der Waals surface area contributed by atoms with E-state index >= 15 is 0 Å². The fourth-order valence-corrected chi connectivity index (χ4v) is 2.28. The highest BCUT2D eigenvalue weighted by molar-refractivity contribution is 5.35. The van der Waals surface area contributed by atoms with Gasteiger partial charge in [0.25, 0.3) is 0 Å². The summed E-state index contributed by atoms with van der Waals surface area (Å²) in [5.74, 6) is 0.708. The summed E-state index contributed by atoms with van der Waals surface area (Å²) < 4.78 is 0. The van der Waals surface area contributed by atoms with Crippen molar-refractivity contribution in [2.45, 2.75) is 25.2 Å². The van der Waals surface area contributed by atoms with Crippen LogP contribution in [0.5, 0.6) is 0 Å². The van der Waals surface area contributed by atoms with Crippen LogP contribution in [0.3, 0.4) is 0 Å². The van der Waals surface area contributed by atoms with Crippen LogP contribution < -0.4 is 0 Å². The first-order chi connectivity index (χ1) is 6.27. The van der Waals surface area contributed by atoms with Gasteiger partial charge >= 0.3 is 0 Å². The summed E-state index contributed by atoms with van der Waals surface area (Å²) in [6.07, 6.45) is 2.04. The minimum Gasteiger partial charge on any atom is -0.197 e. The number of hydrogen-bond donors (Lipinski definition) is 0. The van der Waals surface area contributed by atoms with Crippen LogP contribution in [0.15, 0.2) is 30.3 Å². The van der Waals surface area contributed by atoms with E-state index in [1.807, 2.05) is 18.2 Å². The smallest absolute Gasteiger partial charge is 0.0827 e. The summed E-state index contributed by atoms with van der Waals surface area (Å²) in [4.78, 5) is 0. The average Bonchev–Trinajstić information content (AvgIpc) is 2.14. The lowest BCUT2D eigenvalue weighted by atomic mass is 9.60. The first kappa shape index (κ1) is 8.31. The highest BCUT2D eigenvalue weighted by atomic mass is 14.5. The average molecular weight is 171 g/mol. The molecule has 1 heteroatoms. The van der Waals surface area contributed by atoms with Gasteiger partial charge in [0.15, 0.2) is 0 Å². The van der Waals surface area contributed by atoms with Crippen molar-refractivity contribution >= 4 is 0 Å². The highest BCUT2D eigenvalue weighted by Gasteiger charge is 2.43. The van der Waals surface area contributed by atoms with Crippen LogP contribution in [0.1, 0.15) is 25.3 Å². The van der Waals surface area contributed by atoms with Gasteiger partial charge < -0.3 is 0 Å². The van der Waals surface area contributed by atoms with Crippen molar-refractivity contribution in [3.63, 3.8) is 0 Å². The minimum atomic E-state index is -0.166. The van der Waals surface area contributed by atoms with Gasteiger partial charge in [0, 0.05) is 0 Å². The molecule has 0 saturated heterocycles. The Morgan fingerprint density at radius 1 is 1.31 bits per heavy atom. The number of nitriles is 1. The lowest BCUT2D eigenvalue weighted by Gasteiger charge is -2.41. The maximum Gasteiger partial charge on any atom is 0.0827 e. The summed E-state index contributed by atoms with van der Waals surface area (Å²) in [6, 6.07) is 12.6. The molecule has 0 atom stereocenters. The Labute approximate surface area is 79.0 Å². The van der Waals surface area contributed by atoms with E-state index in [-0.39, 0.29) is 5.41 Å². The molecule has 0 radical (unpaired) electrons. The van der Waals surface area contributed by atoms with E-state index in [0.717, 1.165) is 12.8 Å². The lowest BCUT2D eigenvalue weighted by molar-refractivity contribution is 0.217. The zero-order chi connectivity index (χ0) is 9.31. The fraction of sp³-hybridized carbons (Fsp3) is 0.417. The predicted octanol–water partition coefficient (Wildman–Crippen LogP) is 2.88. The summed E-state index contributed by atoms with van der Waals surface area (Å²) in [7, 11) is 0. The third kappa shape index (κ3) is 1.23. The second-order valence-electron chi connectivity index (χ2n) is 4.07. The van der Waals surface area contributed by atoms with Crippen molar-refractivity contribution in [1.29, 1.82) is 5.26 Å². The molecule has 0 heterocycles. The Hall–Kier alpha value is -1.29. The van der Waals surface area contributed by atoms with E-state index in [1.165, 1.54) is 5.56 Å². The van der Waals surface area contributed by atoms with E-state index in [4.69, 9.17) is 5.26 Å². The van der Waals surface area contributed by atoms with Crippen molar-refractivity contribution < 1.29 is 0 Å².